The molecule has 0 unspecified atom stereocenters. The number of rotatable bonds is 5. The summed E-state index contributed by atoms with van der Waals surface area (Å²) in [4.78, 5) is 21.0. The Kier molecular flexibility index (Phi) is 4.27. The summed E-state index contributed by atoms with van der Waals surface area (Å²) in [6.45, 7) is 4.77. The Morgan fingerprint density at radius 2 is 2.39 bits per heavy atom. The SMILES string of the molecule is CCOC(=O)c1csc(NCc2ncc(C)s2)n1. The van der Waals surface area contributed by atoms with E-state index < -0.39 is 0 Å². The van der Waals surface area contributed by atoms with Crippen LogP contribution >= 0.6 is 22.7 Å². The average Bonchev–Trinajstić information content (AvgIpc) is 2.95. The molecule has 0 fully saturated rings. The van der Waals surface area contributed by atoms with E-state index in [0.29, 0.717) is 24.0 Å². The van der Waals surface area contributed by atoms with Crippen LogP contribution in [0.25, 0.3) is 0 Å². The number of esters is 1. The molecule has 0 aliphatic rings. The molecule has 0 aromatic carbocycles. The summed E-state index contributed by atoms with van der Waals surface area (Å²) in [5.41, 5.74) is 0.347. The quantitative estimate of drug-likeness (QED) is 0.855. The van der Waals surface area contributed by atoms with Crippen molar-refractivity contribution in [3.63, 3.8) is 0 Å². The molecule has 2 aromatic heterocycles. The minimum Gasteiger partial charge on any atom is -0.461 e. The monoisotopic (exact) mass is 283 g/mol. The Balaban J connectivity index is 1.92. The molecule has 96 valence electrons. The van der Waals surface area contributed by atoms with Gasteiger partial charge in [0, 0.05) is 16.5 Å². The number of anilines is 1. The Hall–Kier alpha value is -1.47. The minimum atomic E-state index is -0.383. The first-order valence-electron chi connectivity index (χ1n) is 5.47. The van der Waals surface area contributed by atoms with Crippen molar-refractivity contribution in [1.82, 2.24) is 9.97 Å². The molecule has 0 aliphatic carbocycles. The summed E-state index contributed by atoms with van der Waals surface area (Å²) in [6.07, 6.45) is 1.84. The van der Waals surface area contributed by atoms with Gasteiger partial charge in [0.05, 0.1) is 13.2 Å². The van der Waals surface area contributed by atoms with Gasteiger partial charge in [0.1, 0.15) is 5.01 Å². The fourth-order valence-electron chi connectivity index (χ4n) is 1.29. The fraction of sp³-hybridized carbons (Fsp3) is 0.364. The second-order valence-electron chi connectivity index (χ2n) is 3.48. The molecule has 0 bridgehead atoms. The van der Waals surface area contributed by atoms with E-state index in [1.807, 2.05) is 13.1 Å². The predicted octanol–water partition coefficient (Wildman–Crippen LogP) is 2.70. The third-order valence-electron chi connectivity index (χ3n) is 2.05. The van der Waals surface area contributed by atoms with E-state index >= 15 is 0 Å². The van der Waals surface area contributed by atoms with Crippen LogP contribution in [0.15, 0.2) is 11.6 Å². The lowest BCUT2D eigenvalue weighted by molar-refractivity contribution is 0.0520. The Morgan fingerprint density at radius 1 is 1.56 bits per heavy atom. The second kappa shape index (κ2) is 5.92. The van der Waals surface area contributed by atoms with Gasteiger partial charge in [0.15, 0.2) is 10.8 Å². The van der Waals surface area contributed by atoms with E-state index in [0.717, 1.165) is 5.01 Å². The minimum absolute atomic E-state index is 0.347. The van der Waals surface area contributed by atoms with Gasteiger partial charge in [-0.1, -0.05) is 0 Å². The van der Waals surface area contributed by atoms with E-state index in [4.69, 9.17) is 4.74 Å². The van der Waals surface area contributed by atoms with Gasteiger partial charge in [-0.3, -0.25) is 0 Å². The summed E-state index contributed by atoms with van der Waals surface area (Å²) in [6, 6.07) is 0. The highest BCUT2D eigenvalue weighted by molar-refractivity contribution is 7.14. The Bertz CT molecular complexity index is 536. The number of nitrogens with zero attached hydrogens (tertiary/aromatic N) is 2. The second-order valence-corrected chi connectivity index (χ2v) is 5.65. The summed E-state index contributed by atoms with van der Waals surface area (Å²) < 4.78 is 4.87. The summed E-state index contributed by atoms with van der Waals surface area (Å²) in [7, 11) is 0. The zero-order valence-electron chi connectivity index (χ0n) is 10.1. The molecular formula is C11H13N3O2S2. The smallest absolute Gasteiger partial charge is 0.357 e. The number of hydrogen-bond donors (Lipinski definition) is 1. The largest absolute Gasteiger partial charge is 0.461 e. The zero-order chi connectivity index (χ0) is 13.0. The molecule has 18 heavy (non-hydrogen) atoms. The molecule has 0 atom stereocenters. The Morgan fingerprint density at radius 3 is 3.06 bits per heavy atom. The van der Waals surface area contributed by atoms with Crippen LogP contribution in [0.1, 0.15) is 27.3 Å². The van der Waals surface area contributed by atoms with Crippen molar-refractivity contribution in [3.05, 3.63) is 27.2 Å². The number of carbonyl (C=O) groups is 1. The molecule has 7 heteroatoms. The highest BCUT2D eigenvalue weighted by Gasteiger charge is 2.11. The normalized spacial score (nSPS) is 10.3. The van der Waals surface area contributed by atoms with Crippen molar-refractivity contribution in [3.8, 4) is 0 Å². The third kappa shape index (κ3) is 3.27. The van der Waals surface area contributed by atoms with Crippen LogP contribution in [0, 0.1) is 6.92 Å². The first-order chi connectivity index (χ1) is 8.69. The van der Waals surface area contributed by atoms with Gasteiger partial charge in [-0.25, -0.2) is 14.8 Å². The van der Waals surface area contributed by atoms with Crippen molar-refractivity contribution in [1.29, 1.82) is 0 Å². The van der Waals surface area contributed by atoms with Gasteiger partial charge in [-0.15, -0.1) is 22.7 Å². The molecule has 2 aromatic rings. The van der Waals surface area contributed by atoms with Crippen LogP contribution in [0.5, 0.6) is 0 Å². The Labute approximate surface area is 113 Å². The maximum absolute atomic E-state index is 11.4. The molecule has 0 saturated carbocycles. The number of hydrogen-bond acceptors (Lipinski definition) is 7. The molecule has 0 radical (unpaired) electrons. The molecule has 5 nitrogen and oxygen atoms in total. The van der Waals surface area contributed by atoms with Crippen molar-refractivity contribution in [2.24, 2.45) is 0 Å². The molecule has 2 rings (SSSR count). The van der Waals surface area contributed by atoms with Gasteiger partial charge >= 0.3 is 5.97 Å². The number of carbonyl (C=O) groups excluding carboxylic acids is 1. The van der Waals surface area contributed by atoms with Crippen molar-refractivity contribution >= 4 is 33.8 Å². The highest BCUT2D eigenvalue weighted by Crippen LogP contribution is 2.18. The van der Waals surface area contributed by atoms with E-state index in [-0.39, 0.29) is 5.97 Å². The zero-order valence-corrected chi connectivity index (χ0v) is 11.7. The van der Waals surface area contributed by atoms with Gasteiger partial charge in [0.25, 0.3) is 0 Å². The lowest BCUT2D eigenvalue weighted by Gasteiger charge is -1.98. The topological polar surface area (TPSA) is 64.1 Å². The lowest BCUT2D eigenvalue weighted by Crippen LogP contribution is -2.05. The maximum Gasteiger partial charge on any atom is 0.357 e. The van der Waals surface area contributed by atoms with Crippen molar-refractivity contribution in [2.45, 2.75) is 20.4 Å². The molecule has 0 aliphatic heterocycles. The van der Waals surface area contributed by atoms with Gasteiger partial charge in [-0.05, 0) is 13.8 Å². The van der Waals surface area contributed by atoms with Gasteiger partial charge in [0.2, 0.25) is 0 Å². The van der Waals surface area contributed by atoms with Crippen LogP contribution in [-0.2, 0) is 11.3 Å². The van der Waals surface area contributed by atoms with Crippen LogP contribution in [-0.4, -0.2) is 22.5 Å². The fourth-order valence-corrected chi connectivity index (χ4v) is 2.69. The summed E-state index contributed by atoms with van der Waals surface area (Å²) >= 11 is 3.02. The van der Waals surface area contributed by atoms with Crippen LogP contribution in [0.2, 0.25) is 0 Å². The first kappa shape index (κ1) is 13.0. The molecule has 0 spiro atoms. The van der Waals surface area contributed by atoms with E-state index in [2.05, 4.69) is 15.3 Å². The first-order valence-corrected chi connectivity index (χ1v) is 7.16. The predicted molar refractivity (Wildman–Crippen MR) is 72.2 cm³/mol. The van der Waals surface area contributed by atoms with E-state index in [9.17, 15) is 4.79 Å². The summed E-state index contributed by atoms with van der Waals surface area (Å²) in [5, 5.41) is 6.53. The van der Waals surface area contributed by atoms with Crippen LogP contribution < -0.4 is 5.32 Å². The standard InChI is InChI=1S/C11H13N3O2S2/c1-3-16-10(15)8-6-17-11(14-8)13-5-9-12-4-7(2)18-9/h4,6H,3,5H2,1-2H3,(H,13,14). The van der Waals surface area contributed by atoms with Crippen LogP contribution in [0.4, 0.5) is 5.13 Å². The maximum atomic E-state index is 11.4. The molecular weight excluding hydrogens is 270 g/mol. The average molecular weight is 283 g/mol. The number of thiazole rings is 2. The van der Waals surface area contributed by atoms with E-state index in [1.165, 1.54) is 16.2 Å². The molecule has 0 saturated heterocycles. The number of ether oxygens (including phenoxy) is 1. The molecule has 0 amide bonds. The van der Waals surface area contributed by atoms with Crippen LogP contribution in [0.3, 0.4) is 0 Å². The van der Waals surface area contributed by atoms with Gasteiger partial charge < -0.3 is 10.1 Å². The number of nitrogens with one attached hydrogen (secondary N) is 1. The number of aromatic nitrogens is 2. The third-order valence-corrected chi connectivity index (χ3v) is 3.76. The van der Waals surface area contributed by atoms with Crippen molar-refractivity contribution < 1.29 is 9.53 Å². The molecule has 1 N–H and O–H groups in total. The molecule has 2 heterocycles. The van der Waals surface area contributed by atoms with E-state index in [1.54, 1.807) is 23.6 Å². The highest BCUT2D eigenvalue weighted by atomic mass is 32.1. The number of aryl methyl sites for hydroxylation is 1. The summed E-state index contributed by atoms with van der Waals surface area (Å²) in [5.74, 6) is -0.383. The van der Waals surface area contributed by atoms with Crippen molar-refractivity contribution in [2.75, 3.05) is 11.9 Å². The lowest BCUT2D eigenvalue weighted by atomic mass is 10.5. The van der Waals surface area contributed by atoms with Gasteiger partial charge in [-0.2, -0.15) is 0 Å².